The van der Waals surface area contributed by atoms with E-state index < -0.39 is 12.6 Å². The summed E-state index contributed by atoms with van der Waals surface area (Å²) < 4.78 is 38.1. The lowest BCUT2D eigenvalue weighted by molar-refractivity contribution is -0.0515. The molecule has 0 unspecified atom stereocenters. The average Bonchev–Trinajstić information content (AvgIpc) is 3.42. The number of anilines is 1. The molecule has 32 heavy (non-hydrogen) atoms. The minimum absolute atomic E-state index is 0.0375. The molecule has 0 bridgehead atoms. The Bertz CT molecular complexity index is 1210. The number of aromatic nitrogens is 5. The Morgan fingerprint density at radius 1 is 1.22 bits per heavy atom. The third kappa shape index (κ3) is 4.91. The SMILES string of the molecule is COc1ncc(-c2ccn3nc(NC(=O)NCCn4cccn4)cc3c2)cc1OC(F)F. The molecule has 4 rings (SSSR count). The summed E-state index contributed by atoms with van der Waals surface area (Å²) in [7, 11) is 1.32. The lowest BCUT2D eigenvalue weighted by Crippen LogP contribution is -2.31. The maximum Gasteiger partial charge on any atom is 0.387 e. The van der Waals surface area contributed by atoms with Gasteiger partial charge in [0.05, 0.1) is 19.2 Å². The first-order valence-corrected chi connectivity index (χ1v) is 9.53. The Balaban J connectivity index is 1.46. The number of halogens is 2. The number of nitrogens with zero attached hydrogens (tertiary/aromatic N) is 5. The predicted molar refractivity (Wildman–Crippen MR) is 111 cm³/mol. The van der Waals surface area contributed by atoms with Gasteiger partial charge in [-0.15, -0.1) is 5.10 Å². The van der Waals surface area contributed by atoms with Crippen molar-refractivity contribution in [1.29, 1.82) is 0 Å². The van der Waals surface area contributed by atoms with Gasteiger partial charge in [0.25, 0.3) is 5.88 Å². The number of nitrogens with one attached hydrogen (secondary N) is 2. The Labute approximate surface area is 180 Å². The number of pyridine rings is 2. The number of alkyl halides is 2. The van der Waals surface area contributed by atoms with Crippen molar-refractivity contribution < 1.29 is 23.0 Å². The van der Waals surface area contributed by atoms with Crippen LogP contribution in [0.2, 0.25) is 0 Å². The summed E-state index contributed by atoms with van der Waals surface area (Å²) in [5.74, 6) is 0.153. The van der Waals surface area contributed by atoms with Crippen LogP contribution in [-0.4, -0.2) is 50.7 Å². The van der Waals surface area contributed by atoms with E-state index in [1.165, 1.54) is 19.4 Å². The van der Waals surface area contributed by atoms with Crippen molar-refractivity contribution in [1.82, 2.24) is 29.7 Å². The molecule has 0 radical (unpaired) electrons. The van der Waals surface area contributed by atoms with Gasteiger partial charge in [-0.1, -0.05) is 0 Å². The van der Waals surface area contributed by atoms with Crippen molar-refractivity contribution in [3.63, 3.8) is 0 Å². The smallest absolute Gasteiger partial charge is 0.387 e. The van der Waals surface area contributed by atoms with Crippen molar-refractivity contribution in [2.45, 2.75) is 13.2 Å². The highest BCUT2D eigenvalue weighted by atomic mass is 19.3. The normalized spacial score (nSPS) is 11.0. The zero-order chi connectivity index (χ0) is 22.5. The van der Waals surface area contributed by atoms with E-state index >= 15 is 0 Å². The average molecular weight is 443 g/mol. The Kier molecular flexibility index (Phi) is 6.10. The fourth-order valence-electron chi connectivity index (χ4n) is 3.04. The molecule has 0 atom stereocenters. The van der Waals surface area contributed by atoms with Gasteiger partial charge in [-0.3, -0.25) is 10.00 Å². The zero-order valence-corrected chi connectivity index (χ0v) is 16.9. The number of amides is 2. The van der Waals surface area contributed by atoms with Crippen LogP contribution in [0, 0.1) is 0 Å². The predicted octanol–water partition coefficient (Wildman–Crippen LogP) is 3.02. The number of ether oxygens (including phenoxy) is 2. The monoisotopic (exact) mass is 443 g/mol. The molecule has 2 N–H and O–H groups in total. The maximum absolute atomic E-state index is 12.7. The highest BCUT2D eigenvalue weighted by Crippen LogP contribution is 2.31. The van der Waals surface area contributed by atoms with Crippen LogP contribution in [0.1, 0.15) is 0 Å². The van der Waals surface area contributed by atoms with Crippen LogP contribution in [0.3, 0.4) is 0 Å². The molecule has 0 aliphatic carbocycles. The van der Waals surface area contributed by atoms with Crippen LogP contribution < -0.4 is 20.1 Å². The Morgan fingerprint density at radius 2 is 2.09 bits per heavy atom. The van der Waals surface area contributed by atoms with Gasteiger partial charge in [0.2, 0.25) is 0 Å². The van der Waals surface area contributed by atoms with Gasteiger partial charge in [0.15, 0.2) is 11.6 Å². The summed E-state index contributed by atoms with van der Waals surface area (Å²) in [6.07, 6.45) is 6.65. The van der Waals surface area contributed by atoms with Crippen LogP contribution in [0.4, 0.5) is 19.4 Å². The van der Waals surface area contributed by atoms with Crippen LogP contribution in [0.5, 0.6) is 11.6 Å². The molecule has 10 nitrogen and oxygen atoms in total. The highest BCUT2D eigenvalue weighted by Gasteiger charge is 2.14. The molecule has 4 heterocycles. The topological polar surface area (TPSA) is 108 Å². The summed E-state index contributed by atoms with van der Waals surface area (Å²) >= 11 is 0. The molecule has 0 aliphatic rings. The van der Waals surface area contributed by atoms with Gasteiger partial charge in [0.1, 0.15) is 0 Å². The number of fused-ring (bicyclic) bond motifs is 1. The molecule has 0 saturated heterocycles. The number of carbonyl (C=O) groups excluding carboxylic acids is 1. The van der Waals surface area contributed by atoms with Crippen molar-refractivity contribution >= 4 is 17.4 Å². The summed E-state index contributed by atoms with van der Waals surface area (Å²) in [6, 6.07) is 8.04. The molecule has 4 aromatic heterocycles. The Hall–Kier alpha value is -4.22. The molecule has 0 aliphatic heterocycles. The summed E-state index contributed by atoms with van der Waals surface area (Å²) in [5.41, 5.74) is 1.93. The molecule has 2 amide bonds. The Morgan fingerprint density at radius 3 is 2.84 bits per heavy atom. The largest absolute Gasteiger partial charge is 0.478 e. The highest BCUT2D eigenvalue weighted by molar-refractivity contribution is 5.89. The third-order valence-electron chi connectivity index (χ3n) is 4.45. The van der Waals surface area contributed by atoms with Crippen LogP contribution in [-0.2, 0) is 6.54 Å². The fourth-order valence-corrected chi connectivity index (χ4v) is 3.04. The van der Waals surface area contributed by atoms with E-state index in [1.54, 1.807) is 52.1 Å². The third-order valence-corrected chi connectivity index (χ3v) is 4.45. The van der Waals surface area contributed by atoms with E-state index in [1.807, 2.05) is 0 Å². The molecule has 4 aromatic rings. The summed E-state index contributed by atoms with van der Waals surface area (Å²) in [6.45, 7) is -2.06. The number of methoxy groups -OCH3 is 1. The number of hydrogen-bond donors (Lipinski definition) is 2. The fraction of sp³-hybridized carbons (Fsp3) is 0.200. The minimum Gasteiger partial charge on any atom is -0.478 e. The van der Waals surface area contributed by atoms with Crippen LogP contribution >= 0.6 is 0 Å². The summed E-state index contributed by atoms with van der Waals surface area (Å²) in [5, 5.41) is 13.8. The molecule has 0 fully saturated rings. The van der Waals surface area contributed by atoms with Crippen molar-refractivity contribution in [3.8, 4) is 22.8 Å². The molecule has 166 valence electrons. The van der Waals surface area contributed by atoms with Gasteiger partial charge in [-0.25, -0.2) is 14.3 Å². The van der Waals surface area contributed by atoms with Crippen LogP contribution in [0.15, 0.2) is 55.1 Å². The lowest BCUT2D eigenvalue weighted by Gasteiger charge is -2.10. The summed E-state index contributed by atoms with van der Waals surface area (Å²) in [4.78, 5) is 16.1. The second-order valence-electron chi connectivity index (χ2n) is 6.57. The molecule has 0 saturated carbocycles. The van der Waals surface area contributed by atoms with E-state index in [0.29, 0.717) is 35.6 Å². The minimum atomic E-state index is -3.00. The lowest BCUT2D eigenvalue weighted by atomic mass is 10.1. The number of carbonyl (C=O) groups is 1. The second kappa shape index (κ2) is 9.29. The molecule has 0 spiro atoms. The maximum atomic E-state index is 12.7. The van der Waals surface area contributed by atoms with Crippen LogP contribution in [0.25, 0.3) is 16.6 Å². The van der Waals surface area contributed by atoms with E-state index in [0.717, 1.165) is 0 Å². The first kappa shape index (κ1) is 21.0. The van der Waals surface area contributed by atoms with Crippen molar-refractivity contribution in [2.75, 3.05) is 19.0 Å². The second-order valence-corrected chi connectivity index (χ2v) is 6.57. The van der Waals surface area contributed by atoms with Gasteiger partial charge in [-0.05, 0) is 29.8 Å². The number of rotatable bonds is 8. The van der Waals surface area contributed by atoms with Crippen molar-refractivity contribution in [2.24, 2.45) is 0 Å². The van der Waals surface area contributed by atoms with Gasteiger partial charge >= 0.3 is 12.6 Å². The molecule has 0 aromatic carbocycles. The quantitative estimate of drug-likeness (QED) is 0.434. The van der Waals surface area contributed by atoms with E-state index in [2.05, 4.69) is 30.6 Å². The first-order valence-electron chi connectivity index (χ1n) is 9.53. The van der Waals surface area contributed by atoms with E-state index in [9.17, 15) is 13.6 Å². The van der Waals surface area contributed by atoms with E-state index in [4.69, 9.17) is 4.74 Å². The molecular weight excluding hydrogens is 424 g/mol. The number of urea groups is 1. The van der Waals surface area contributed by atoms with Gasteiger partial charge < -0.3 is 14.8 Å². The van der Waals surface area contributed by atoms with Gasteiger partial charge in [-0.2, -0.15) is 13.9 Å². The standard InChI is InChI=1S/C20H19F2N7O3/c1-31-18-16(32-19(21)22)10-14(12-24-18)13-3-7-29-15(9-13)11-17(27-29)26-20(30)23-5-8-28-6-2-4-25-28/h2-4,6-7,9-12,19H,5,8H2,1H3,(H2,23,26,27,30). The first-order chi connectivity index (χ1) is 15.5. The number of hydrogen-bond acceptors (Lipinski definition) is 6. The molecular formula is C20H19F2N7O3. The zero-order valence-electron chi connectivity index (χ0n) is 16.9. The van der Waals surface area contributed by atoms with Crippen molar-refractivity contribution in [3.05, 3.63) is 55.1 Å². The molecule has 12 heteroatoms. The van der Waals surface area contributed by atoms with E-state index in [-0.39, 0.29) is 11.6 Å². The van der Waals surface area contributed by atoms with Gasteiger partial charge in [0, 0.05) is 43.0 Å².